The van der Waals surface area contributed by atoms with E-state index in [1.165, 1.54) is 17.8 Å². The Hall–Kier alpha value is -0.720. The molecule has 0 amide bonds. The Balaban J connectivity index is 2.57. The molecule has 1 heteroatoms. The minimum absolute atomic E-state index is 0.701. The van der Waals surface area contributed by atoms with Crippen LogP contribution < -0.4 is 0 Å². The molecule has 0 aliphatic carbocycles. The van der Waals surface area contributed by atoms with Crippen molar-refractivity contribution in [3.8, 4) is 0 Å². The quantitative estimate of drug-likeness (QED) is 0.587. The highest BCUT2D eigenvalue weighted by atomic mass is 15.1. The molecule has 60 valence electrons. The summed E-state index contributed by atoms with van der Waals surface area (Å²) in [6.07, 6.45) is 0. The molecule has 1 aromatic rings. The first-order chi connectivity index (χ1) is 5.13. The molecule has 0 fully saturated rings. The zero-order chi connectivity index (χ0) is 8.17. The van der Waals surface area contributed by atoms with E-state index in [0.29, 0.717) is 5.92 Å². The fraction of sp³-hybridized carbons (Fsp3) is 0.600. The van der Waals surface area contributed by atoms with Gasteiger partial charge in [-0.3, -0.25) is 0 Å². The average molecular weight is 149 g/mol. The molecule has 0 bridgehead atoms. The van der Waals surface area contributed by atoms with Crippen molar-refractivity contribution < 1.29 is 0 Å². The van der Waals surface area contributed by atoms with E-state index in [0.717, 1.165) is 0 Å². The van der Waals surface area contributed by atoms with Crippen LogP contribution in [0.5, 0.6) is 0 Å². The fourth-order valence-corrected chi connectivity index (χ4v) is 2.05. The summed E-state index contributed by atoms with van der Waals surface area (Å²) in [7, 11) is 0. The molecule has 0 aromatic carbocycles. The van der Waals surface area contributed by atoms with Gasteiger partial charge in [-0.15, -0.1) is 0 Å². The molecule has 0 atom stereocenters. The average Bonchev–Trinajstić information content (AvgIpc) is 2.61. The molecule has 1 aromatic heterocycles. The number of nitrogens with zero attached hydrogens (tertiary/aromatic N) is 1. The van der Waals surface area contributed by atoms with Crippen LogP contribution in [-0.2, 0) is 6.54 Å². The maximum absolute atomic E-state index is 2.41. The third kappa shape index (κ3) is 0.770. The van der Waals surface area contributed by atoms with Crippen LogP contribution in [0.2, 0.25) is 0 Å². The van der Waals surface area contributed by atoms with E-state index in [-0.39, 0.29) is 0 Å². The summed E-state index contributed by atoms with van der Waals surface area (Å²) in [5.74, 6) is 0.701. The van der Waals surface area contributed by atoms with E-state index in [9.17, 15) is 0 Å². The van der Waals surface area contributed by atoms with E-state index in [1.54, 1.807) is 11.3 Å². The molecule has 0 spiro atoms. The van der Waals surface area contributed by atoms with Crippen LogP contribution in [0.25, 0.3) is 0 Å². The van der Waals surface area contributed by atoms with E-state index < -0.39 is 0 Å². The van der Waals surface area contributed by atoms with Gasteiger partial charge in [0.25, 0.3) is 0 Å². The van der Waals surface area contributed by atoms with Crippen molar-refractivity contribution in [3.63, 3.8) is 0 Å². The van der Waals surface area contributed by atoms with Crippen molar-refractivity contribution in [2.75, 3.05) is 0 Å². The van der Waals surface area contributed by atoms with Crippen LogP contribution >= 0.6 is 0 Å². The highest BCUT2D eigenvalue weighted by Gasteiger charge is 2.28. The van der Waals surface area contributed by atoms with Crippen molar-refractivity contribution in [2.45, 2.75) is 40.2 Å². The van der Waals surface area contributed by atoms with Gasteiger partial charge in [0.2, 0.25) is 0 Å². The molecule has 0 N–H and O–H groups in total. The third-order valence-corrected chi connectivity index (χ3v) is 2.77. The number of rotatable bonds is 1. The summed E-state index contributed by atoms with van der Waals surface area (Å²) < 4.78 is 2.41. The van der Waals surface area contributed by atoms with Gasteiger partial charge in [-0.1, -0.05) is 13.8 Å². The van der Waals surface area contributed by atoms with Crippen LogP contribution in [0.1, 0.15) is 42.3 Å². The first kappa shape index (κ1) is 6.96. The second-order valence-corrected chi connectivity index (χ2v) is 3.81. The lowest BCUT2D eigenvalue weighted by Gasteiger charge is -2.05. The number of aromatic nitrogens is 1. The molecule has 0 unspecified atom stereocenters. The maximum Gasteiger partial charge on any atom is 0.0631 e. The van der Waals surface area contributed by atoms with Crippen LogP contribution in [-0.4, -0.2) is 4.57 Å². The SMILES string of the molecule is Cc1c(C(C)C)c2n(c1C)C2. The molecule has 1 aliphatic heterocycles. The molecular formula is C10H15N. The molecule has 2 rings (SSSR count). The lowest BCUT2D eigenvalue weighted by Crippen LogP contribution is -1.91. The fourth-order valence-electron chi connectivity index (χ4n) is 2.05. The molecule has 11 heavy (non-hydrogen) atoms. The molecule has 2 heterocycles. The van der Waals surface area contributed by atoms with Gasteiger partial charge in [-0.25, -0.2) is 0 Å². The highest BCUT2D eigenvalue weighted by molar-refractivity contribution is 5.45. The third-order valence-electron chi connectivity index (χ3n) is 2.77. The summed E-state index contributed by atoms with van der Waals surface area (Å²) in [4.78, 5) is 0. The Bertz CT molecular complexity index is 305. The highest BCUT2D eigenvalue weighted by Crippen LogP contribution is 2.36. The smallest absolute Gasteiger partial charge is 0.0631 e. The minimum atomic E-state index is 0.701. The van der Waals surface area contributed by atoms with Crippen LogP contribution in [0.3, 0.4) is 0 Å². The van der Waals surface area contributed by atoms with Crippen molar-refractivity contribution in [2.24, 2.45) is 0 Å². The first-order valence-corrected chi connectivity index (χ1v) is 4.31. The largest absolute Gasteiger partial charge is 0.341 e. The Morgan fingerprint density at radius 1 is 1.27 bits per heavy atom. The summed E-state index contributed by atoms with van der Waals surface area (Å²) >= 11 is 0. The van der Waals surface area contributed by atoms with Gasteiger partial charge in [0.05, 0.1) is 6.54 Å². The van der Waals surface area contributed by atoms with Gasteiger partial charge in [0.15, 0.2) is 0 Å². The maximum atomic E-state index is 2.41. The Labute approximate surface area is 68.0 Å². The first-order valence-electron chi connectivity index (χ1n) is 4.31. The predicted octanol–water partition coefficient (Wildman–Crippen LogP) is 2.59. The van der Waals surface area contributed by atoms with Gasteiger partial charge in [0.1, 0.15) is 0 Å². The van der Waals surface area contributed by atoms with Gasteiger partial charge in [-0.2, -0.15) is 0 Å². The normalized spacial score (nSPS) is 13.9. The number of hydrogen-bond donors (Lipinski definition) is 0. The monoisotopic (exact) mass is 149 g/mol. The lowest BCUT2D eigenvalue weighted by atomic mass is 9.99. The van der Waals surface area contributed by atoms with Crippen molar-refractivity contribution >= 4 is 0 Å². The zero-order valence-corrected chi connectivity index (χ0v) is 7.73. The molecule has 0 saturated carbocycles. The number of fused-ring (bicyclic) bond motifs is 1. The molecule has 1 aliphatic rings. The van der Waals surface area contributed by atoms with Gasteiger partial charge in [-0.05, 0) is 30.9 Å². The van der Waals surface area contributed by atoms with Crippen molar-refractivity contribution in [1.82, 2.24) is 4.57 Å². The second kappa shape index (κ2) is 1.90. The molecule has 0 saturated heterocycles. The number of hydrogen-bond acceptors (Lipinski definition) is 0. The Morgan fingerprint density at radius 3 is 2.18 bits per heavy atom. The topological polar surface area (TPSA) is 4.93 Å². The molecule has 1 nitrogen and oxygen atoms in total. The standard InChI is InChI=1S/C10H15N/c1-6(2)10-7(3)8(4)11-5-9(10)11/h6H,5H2,1-4H3. The van der Waals surface area contributed by atoms with E-state index in [1.807, 2.05) is 0 Å². The predicted molar refractivity (Wildman–Crippen MR) is 47.1 cm³/mol. The zero-order valence-electron chi connectivity index (χ0n) is 7.73. The van der Waals surface area contributed by atoms with Crippen molar-refractivity contribution in [1.29, 1.82) is 0 Å². The van der Waals surface area contributed by atoms with Gasteiger partial charge >= 0.3 is 0 Å². The Kier molecular flexibility index (Phi) is 1.20. The molecule has 0 radical (unpaired) electrons. The minimum Gasteiger partial charge on any atom is -0.341 e. The van der Waals surface area contributed by atoms with Crippen LogP contribution in [0.15, 0.2) is 0 Å². The summed E-state index contributed by atoms with van der Waals surface area (Å²) in [5, 5.41) is 0. The van der Waals surface area contributed by atoms with Crippen LogP contribution in [0.4, 0.5) is 0 Å². The van der Waals surface area contributed by atoms with Crippen molar-refractivity contribution in [3.05, 3.63) is 22.5 Å². The van der Waals surface area contributed by atoms with Gasteiger partial charge < -0.3 is 4.57 Å². The van der Waals surface area contributed by atoms with E-state index in [4.69, 9.17) is 0 Å². The summed E-state index contributed by atoms with van der Waals surface area (Å²) in [5.41, 5.74) is 6.17. The second-order valence-electron chi connectivity index (χ2n) is 3.81. The van der Waals surface area contributed by atoms with E-state index >= 15 is 0 Å². The molecular weight excluding hydrogens is 134 g/mol. The summed E-state index contributed by atoms with van der Waals surface area (Å²) in [6, 6.07) is 0. The Morgan fingerprint density at radius 2 is 1.91 bits per heavy atom. The van der Waals surface area contributed by atoms with Gasteiger partial charge in [0, 0.05) is 11.4 Å². The lowest BCUT2D eigenvalue weighted by molar-refractivity contribution is 0.853. The van der Waals surface area contributed by atoms with E-state index in [2.05, 4.69) is 32.3 Å². The van der Waals surface area contributed by atoms with Crippen LogP contribution in [0, 0.1) is 13.8 Å². The summed E-state index contributed by atoms with van der Waals surface area (Å²) in [6.45, 7) is 10.2.